The summed E-state index contributed by atoms with van der Waals surface area (Å²) in [6.45, 7) is 11.4. The number of amides is 3. The number of rotatable bonds is 12. The van der Waals surface area contributed by atoms with Crippen LogP contribution in [0.5, 0.6) is 11.5 Å². The number of nitrogens with one attached hydrogen (secondary N) is 2. The van der Waals surface area contributed by atoms with Crippen LogP contribution in [0.4, 0.5) is 11.5 Å². The summed E-state index contributed by atoms with van der Waals surface area (Å²) in [5, 5.41) is 9.52. The van der Waals surface area contributed by atoms with E-state index in [1.165, 1.54) is 19.1 Å². The lowest BCUT2D eigenvalue weighted by Gasteiger charge is -2.36. The molecule has 41 heavy (non-hydrogen) atoms. The van der Waals surface area contributed by atoms with Crippen molar-refractivity contribution in [3.05, 3.63) is 64.9 Å². The number of carbonyl (C=O) groups excluding carboxylic acids is 3. The van der Waals surface area contributed by atoms with Crippen molar-refractivity contribution in [1.29, 1.82) is 0 Å². The van der Waals surface area contributed by atoms with Crippen molar-refractivity contribution in [3.63, 3.8) is 0 Å². The van der Waals surface area contributed by atoms with Crippen molar-refractivity contribution >= 4 is 29.2 Å². The lowest BCUT2D eigenvalue weighted by molar-refractivity contribution is -0.128. The summed E-state index contributed by atoms with van der Waals surface area (Å²) >= 11 is 0. The van der Waals surface area contributed by atoms with E-state index in [0.717, 1.165) is 11.1 Å². The zero-order valence-corrected chi connectivity index (χ0v) is 25.1. The van der Waals surface area contributed by atoms with Crippen molar-refractivity contribution < 1.29 is 28.4 Å². The monoisotopic (exact) mass is 564 g/mol. The predicted molar refractivity (Wildman–Crippen MR) is 157 cm³/mol. The second-order valence-electron chi connectivity index (χ2n) is 10.6. The van der Waals surface area contributed by atoms with Gasteiger partial charge >= 0.3 is 0 Å². The SMILES string of the molecule is CCC(C)(C)NC(=O)[C@@H](c1cccc(OC)c1OC)N(C(=O)CCC(=O)Nc1cc(C)on1)c1ccc(C)cc1C. The second kappa shape index (κ2) is 13.3. The first-order valence-corrected chi connectivity index (χ1v) is 13.6. The molecule has 3 amide bonds. The molecule has 2 N–H and O–H groups in total. The molecule has 3 aromatic rings. The molecule has 0 spiro atoms. The molecule has 220 valence electrons. The van der Waals surface area contributed by atoms with E-state index in [4.69, 9.17) is 14.0 Å². The number of benzene rings is 2. The largest absolute Gasteiger partial charge is 0.493 e. The van der Waals surface area contributed by atoms with E-state index < -0.39 is 23.4 Å². The molecule has 0 aliphatic heterocycles. The fourth-order valence-electron chi connectivity index (χ4n) is 4.48. The minimum atomic E-state index is -1.12. The number of ether oxygens (including phenoxy) is 2. The molecule has 0 aliphatic carbocycles. The Morgan fingerprint density at radius 1 is 1.02 bits per heavy atom. The lowest BCUT2D eigenvalue weighted by atomic mass is 9.96. The van der Waals surface area contributed by atoms with Crippen molar-refractivity contribution in [1.82, 2.24) is 10.5 Å². The summed E-state index contributed by atoms with van der Waals surface area (Å²) in [6, 6.07) is 11.3. The molecule has 10 heteroatoms. The predicted octanol–water partition coefficient (Wildman–Crippen LogP) is 5.42. The lowest BCUT2D eigenvalue weighted by Crippen LogP contribution is -2.50. The van der Waals surface area contributed by atoms with Crippen molar-refractivity contribution in [2.75, 3.05) is 24.4 Å². The number of hydrogen-bond acceptors (Lipinski definition) is 7. The molecule has 0 unspecified atom stereocenters. The Kier molecular flexibility index (Phi) is 10.2. The van der Waals surface area contributed by atoms with Gasteiger partial charge in [0.1, 0.15) is 11.8 Å². The number of anilines is 2. The van der Waals surface area contributed by atoms with Crippen LogP contribution in [0.3, 0.4) is 0 Å². The van der Waals surface area contributed by atoms with Gasteiger partial charge in [0, 0.05) is 35.7 Å². The topological polar surface area (TPSA) is 123 Å². The van der Waals surface area contributed by atoms with Crippen molar-refractivity contribution in [2.24, 2.45) is 0 Å². The van der Waals surface area contributed by atoms with E-state index in [-0.39, 0.29) is 24.6 Å². The smallest absolute Gasteiger partial charge is 0.248 e. The highest BCUT2D eigenvalue weighted by Crippen LogP contribution is 2.40. The molecule has 1 heterocycles. The van der Waals surface area contributed by atoms with E-state index in [1.807, 2.05) is 52.8 Å². The molecule has 1 atom stereocenters. The Morgan fingerprint density at radius 3 is 2.34 bits per heavy atom. The summed E-state index contributed by atoms with van der Waals surface area (Å²) in [5.41, 5.74) is 2.26. The average Bonchev–Trinajstić information content (AvgIpc) is 3.34. The Hall–Kier alpha value is -4.34. The van der Waals surface area contributed by atoms with Gasteiger partial charge in [0.25, 0.3) is 0 Å². The van der Waals surface area contributed by atoms with Gasteiger partial charge in [0.05, 0.1) is 14.2 Å². The van der Waals surface area contributed by atoms with Gasteiger partial charge in [-0.05, 0) is 58.7 Å². The number of aryl methyl sites for hydroxylation is 3. The number of aromatic nitrogens is 1. The molecule has 0 fully saturated rings. The summed E-state index contributed by atoms with van der Waals surface area (Å²) in [5.74, 6) is 0.375. The van der Waals surface area contributed by atoms with E-state index >= 15 is 0 Å². The first kappa shape index (κ1) is 31.2. The maximum Gasteiger partial charge on any atom is 0.248 e. The maximum atomic E-state index is 14.2. The molecule has 2 aromatic carbocycles. The fraction of sp³-hybridized carbons (Fsp3) is 0.419. The Morgan fingerprint density at radius 2 is 1.76 bits per heavy atom. The number of carbonyl (C=O) groups is 3. The molecule has 1 aromatic heterocycles. The van der Waals surface area contributed by atoms with Crippen LogP contribution in [0.25, 0.3) is 0 Å². The van der Waals surface area contributed by atoms with Crippen LogP contribution in [0.15, 0.2) is 47.0 Å². The summed E-state index contributed by atoms with van der Waals surface area (Å²) in [6.07, 6.45) is 0.374. The van der Waals surface area contributed by atoms with Gasteiger partial charge in [0.15, 0.2) is 17.3 Å². The summed E-state index contributed by atoms with van der Waals surface area (Å²) in [4.78, 5) is 42.4. The number of nitrogens with zero attached hydrogens (tertiary/aromatic N) is 2. The standard InChI is InChI=1S/C31H40N4O6/c1-9-31(5,6)33-30(38)28(22-11-10-12-24(39-7)29(22)40-8)35(23-14-13-19(2)17-20(23)3)27(37)16-15-26(36)32-25-18-21(4)41-34-25/h10-14,17-18,28H,9,15-16H2,1-8H3,(H,33,38)(H,32,34,36)/t28-/m1/s1. The molecule has 0 aliphatic rings. The molecular weight excluding hydrogens is 524 g/mol. The average molecular weight is 565 g/mol. The van der Waals surface area contributed by atoms with Gasteiger partial charge in [-0.15, -0.1) is 0 Å². The highest BCUT2D eigenvalue weighted by atomic mass is 16.5. The van der Waals surface area contributed by atoms with Crippen LogP contribution in [0.1, 0.15) is 68.5 Å². The van der Waals surface area contributed by atoms with Gasteiger partial charge in [-0.2, -0.15) is 0 Å². The second-order valence-corrected chi connectivity index (χ2v) is 10.6. The third-order valence-electron chi connectivity index (χ3n) is 6.92. The van der Waals surface area contributed by atoms with Gasteiger partial charge in [0.2, 0.25) is 17.7 Å². The third kappa shape index (κ3) is 7.65. The molecule has 10 nitrogen and oxygen atoms in total. The summed E-state index contributed by atoms with van der Waals surface area (Å²) in [7, 11) is 3.00. The molecule has 0 saturated heterocycles. The molecule has 3 rings (SSSR count). The number of methoxy groups -OCH3 is 2. The quantitative estimate of drug-likeness (QED) is 0.301. The van der Waals surface area contributed by atoms with Gasteiger partial charge in [-0.3, -0.25) is 19.3 Å². The van der Waals surface area contributed by atoms with E-state index in [2.05, 4.69) is 15.8 Å². The van der Waals surface area contributed by atoms with Gasteiger partial charge in [-0.25, -0.2) is 0 Å². The van der Waals surface area contributed by atoms with E-state index in [9.17, 15) is 14.4 Å². The van der Waals surface area contributed by atoms with Gasteiger partial charge in [-0.1, -0.05) is 41.9 Å². The van der Waals surface area contributed by atoms with Crippen LogP contribution in [0.2, 0.25) is 0 Å². The minimum absolute atomic E-state index is 0.129. The van der Waals surface area contributed by atoms with E-state index in [0.29, 0.717) is 34.9 Å². The zero-order chi connectivity index (χ0) is 30.3. The van der Waals surface area contributed by atoms with Crippen LogP contribution < -0.4 is 25.0 Å². The Labute approximate surface area is 241 Å². The molecule has 0 saturated carbocycles. The van der Waals surface area contributed by atoms with Crippen LogP contribution in [-0.2, 0) is 14.4 Å². The normalized spacial score (nSPS) is 11.9. The van der Waals surface area contributed by atoms with Crippen LogP contribution in [0, 0.1) is 20.8 Å². The first-order chi connectivity index (χ1) is 19.4. The Bertz CT molecular complexity index is 1400. The van der Waals surface area contributed by atoms with Crippen LogP contribution >= 0.6 is 0 Å². The zero-order valence-electron chi connectivity index (χ0n) is 25.1. The molecule has 0 radical (unpaired) electrons. The number of para-hydroxylation sites is 1. The number of hydrogen-bond donors (Lipinski definition) is 2. The van der Waals surface area contributed by atoms with Crippen LogP contribution in [-0.4, -0.2) is 42.6 Å². The summed E-state index contributed by atoms with van der Waals surface area (Å²) < 4.78 is 16.2. The van der Waals surface area contributed by atoms with E-state index in [1.54, 1.807) is 31.2 Å². The first-order valence-electron chi connectivity index (χ1n) is 13.6. The highest BCUT2D eigenvalue weighted by Gasteiger charge is 2.38. The maximum absolute atomic E-state index is 14.2. The Balaban J connectivity index is 2.11. The minimum Gasteiger partial charge on any atom is -0.493 e. The van der Waals surface area contributed by atoms with Crippen molar-refractivity contribution in [3.8, 4) is 11.5 Å². The highest BCUT2D eigenvalue weighted by molar-refractivity contribution is 6.04. The molecule has 0 bridgehead atoms. The third-order valence-corrected chi connectivity index (χ3v) is 6.92. The van der Waals surface area contributed by atoms with Gasteiger partial charge < -0.3 is 24.6 Å². The molecular formula is C31H40N4O6. The van der Waals surface area contributed by atoms with Crippen molar-refractivity contribution in [2.45, 2.75) is 72.4 Å². The fourth-order valence-corrected chi connectivity index (χ4v) is 4.48.